The topological polar surface area (TPSA) is 225 Å². The number of esters is 4. The Balaban J connectivity index is 1.03. The highest BCUT2D eigenvalue weighted by molar-refractivity contribution is 5.87. The molecule has 0 radical (unpaired) electrons. The molecule has 5 heterocycles. The van der Waals surface area contributed by atoms with Crippen molar-refractivity contribution < 1.29 is 81.9 Å². The highest BCUT2D eigenvalue weighted by atomic mass is 16.8. The number of hydrogen-bond acceptors (Lipinski definition) is 17. The van der Waals surface area contributed by atoms with E-state index in [0.29, 0.717) is 19.4 Å². The van der Waals surface area contributed by atoms with Crippen LogP contribution in [0.1, 0.15) is 65.9 Å². The summed E-state index contributed by atoms with van der Waals surface area (Å²) >= 11 is 0. The molecule has 5 aliphatic heterocycles. The fourth-order valence-electron chi connectivity index (χ4n) is 8.89. The van der Waals surface area contributed by atoms with Crippen LogP contribution < -0.4 is 0 Å². The Hall–Kier alpha value is -3.52. The number of carbonyl (C=O) groups is 4. The summed E-state index contributed by atoms with van der Waals surface area (Å²) in [6.45, 7) is 7.86. The highest BCUT2D eigenvalue weighted by Gasteiger charge is 2.76. The van der Waals surface area contributed by atoms with Gasteiger partial charge in [-0.25, -0.2) is 4.79 Å². The zero-order valence-electron chi connectivity index (χ0n) is 32.5. The van der Waals surface area contributed by atoms with Crippen molar-refractivity contribution in [3.8, 4) is 0 Å². The van der Waals surface area contributed by atoms with Crippen LogP contribution in [0.15, 0.2) is 36.4 Å². The third-order valence-electron chi connectivity index (χ3n) is 12.0. The van der Waals surface area contributed by atoms with Gasteiger partial charge in [-0.3, -0.25) is 14.4 Å². The molecule has 6 aliphatic rings. The number of benzene rings is 1. The molecule has 1 aromatic rings. The standard InChI is InChI=1S/C40H52O17/c1-19-17-48-40(16-28(19)54-29(43)14-11-24-9-7-6-8-10-24)39(18-49-39)26-13-12-25(15-27(26)57-40)36(47)56-38-35(31(45)33(21(3)51-38)52-22(4)41)55-37-32(46)34(53-23(5)42)30(44)20(2)50-37/h6-11,14,19-21,25-28,30-35,37-38,44-46H,12-13,15-18H2,1-5H3/t19-,20-,21-,25+,26-,27+,28-,30+,31-,32+,33-,34-,35+,37+,38+,39-,40-/m0/s1. The maximum absolute atomic E-state index is 13.9. The molecule has 6 fully saturated rings. The van der Waals surface area contributed by atoms with E-state index in [9.17, 15) is 34.5 Å². The second kappa shape index (κ2) is 16.6. The van der Waals surface area contributed by atoms with Crippen molar-refractivity contribution in [1.82, 2.24) is 0 Å². The third-order valence-corrected chi connectivity index (χ3v) is 12.0. The Morgan fingerprint density at radius 3 is 2.16 bits per heavy atom. The van der Waals surface area contributed by atoms with Crippen LogP contribution in [0, 0.1) is 17.8 Å². The molecule has 0 aromatic heterocycles. The monoisotopic (exact) mass is 804 g/mol. The van der Waals surface area contributed by atoms with E-state index in [0.717, 1.165) is 19.4 Å². The minimum absolute atomic E-state index is 0.106. The zero-order chi connectivity index (χ0) is 40.8. The minimum Gasteiger partial charge on any atom is -0.459 e. The smallest absolute Gasteiger partial charge is 0.331 e. The van der Waals surface area contributed by atoms with Crippen molar-refractivity contribution in [2.45, 2.75) is 145 Å². The molecule has 57 heavy (non-hydrogen) atoms. The lowest BCUT2D eigenvalue weighted by molar-refractivity contribution is -0.358. The molecule has 7 rings (SSSR count). The molecule has 5 saturated heterocycles. The van der Waals surface area contributed by atoms with E-state index in [-0.39, 0.29) is 31.3 Å². The summed E-state index contributed by atoms with van der Waals surface area (Å²) in [5.74, 6) is -4.72. The zero-order valence-corrected chi connectivity index (χ0v) is 32.5. The molecule has 0 unspecified atom stereocenters. The SMILES string of the molecule is CC(=O)O[C@@H]1[C@@H](O)[C@@H](O[C@H]2[C@@H](OC(=O)[C@@H]3CC[C@H]4[C@@H](C3)O[C@@]3(C[C@H](OC(=O)C=Cc5ccccc5)[C@@H](C)CO3)[C@]43CO3)O[C@@H](C)[C@H](OC(C)=O)[C@@H]2O)O[C@@H](C)[C@H]1O. The van der Waals surface area contributed by atoms with E-state index in [1.165, 1.54) is 19.9 Å². The number of ether oxygens (including phenoxy) is 10. The average Bonchev–Trinajstić information content (AvgIpc) is 3.94. The van der Waals surface area contributed by atoms with Gasteiger partial charge in [0.05, 0.1) is 37.4 Å². The van der Waals surface area contributed by atoms with Crippen LogP contribution in [0.4, 0.5) is 0 Å². The highest BCUT2D eigenvalue weighted by Crippen LogP contribution is 2.62. The lowest BCUT2D eigenvalue weighted by Crippen LogP contribution is -2.64. The van der Waals surface area contributed by atoms with E-state index in [4.69, 9.17) is 47.4 Å². The lowest BCUT2D eigenvalue weighted by atomic mass is 9.72. The number of rotatable bonds is 9. The van der Waals surface area contributed by atoms with Gasteiger partial charge < -0.3 is 62.7 Å². The van der Waals surface area contributed by atoms with Gasteiger partial charge in [0.2, 0.25) is 12.1 Å². The van der Waals surface area contributed by atoms with E-state index >= 15 is 0 Å². The van der Waals surface area contributed by atoms with Gasteiger partial charge in [-0.05, 0) is 44.7 Å². The molecule has 0 amide bonds. The van der Waals surface area contributed by atoms with E-state index < -0.39 is 115 Å². The summed E-state index contributed by atoms with van der Waals surface area (Å²) in [7, 11) is 0. The van der Waals surface area contributed by atoms with Crippen LogP contribution in [0.5, 0.6) is 0 Å². The Morgan fingerprint density at radius 2 is 1.47 bits per heavy atom. The maximum Gasteiger partial charge on any atom is 0.331 e. The Morgan fingerprint density at radius 1 is 0.789 bits per heavy atom. The van der Waals surface area contributed by atoms with Gasteiger partial charge in [-0.1, -0.05) is 37.3 Å². The quantitative estimate of drug-likeness (QED) is 0.139. The summed E-state index contributed by atoms with van der Waals surface area (Å²) in [4.78, 5) is 50.5. The Kier molecular flexibility index (Phi) is 12.1. The molecule has 1 aliphatic carbocycles. The second-order valence-electron chi connectivity index (χ2n) is 16.0. The van der Waals surface area contributed by atoms with Crippen LogP contribution in [0.2, 0.25) is 0 Å². The van der Waals surface area contributed by atoms with Gasteiger partial charge in [-0.2, -0.15) is 0 Å². The first-order valence-corrected chi connectivity index (χ1v) is 19.6. The van der Waals surface area contributed by atoms with Crippen molar-refractivity contribution >= 4 is 30.0 Å². The Labute approximate surface area is 329 Å². The van der Waals surface area contributed by atoms with Crippen LogP contribution >= 0.6 is 0 Å². The molecule has 2 spiro atoms. The van der Waals surface area contributed by atoms with Crippen LogP contribution in [0.3, 0.4) is 0 Å². The fraction of sp³-hybridized carbons (Fsp3) is 0.700. The van der Waals surface area contributed by atoms with Crippen LogP contribution in [-0.4, -0.2) is 137 Å². The van der Waals surface area contributed by atoms with Gasteiger partial charge in [0.25, 0.3) is 0 Å². The van der Waals surface area contributed by atoms with Gasteiger partial charge in [0, 0.05) is 38.2 Å². The number of aliphatic hydroxyl groups excluding tert-OH is 3. The predicted octanol–water partition coefficient (Wildman–Crippen LogP) is 1.31. The van der Waals surface area contributed by atoms with E-state index in [1.54, 1.807) is 6.08 Å². The number of aliphatic hydroxyl groups is 3. The summed E-state index contributed by atoms with van der Waals surface area (Å²) in [5.41, 5.74) is 0.105. The van der Waals surface area contributed by atoms with E-state index in [1.807, 2.05) is 37.3 Å². The molecule has 1 saturated carbocycles. The molecule has 3 N–H and O–H groups in total. The molecule has 17 atom stereocenters. The summed E-state index contributed by atoms with van der Waals surface area (Å²) in [5, 5.41) is 33.1. The molecular formula is C40H52O17. The van der Waals surface area contributed by atoms with Crippen molar-refractivity contribution in [3.05, 3.63) is 42.0 Å². The minimum atomic E-state index is -1.73. The normalized spacial score (nSPS) is 44.0. The molecule has 17 heteroatoms. The second-order valence-corrected chi connectivity index (χ2v) is 16.0. The molecule has 1 aromatic carbocycles. The molecule has 17 nitrogen and oxygen atoms in total. The van der Waals surface area contributed by atoms with E-state index in [2.05, 4.69) is 0 Å². The number of carbonyl (C=O) groups excluding carboxylic acids is 4. The number of fused-ring (bicyclic) bond motifs is 3. The number of epoxide rings is 1. The lowest BCUT2D eigenvalue weighted by Gasteiger charge is -2.46. The average molecular weight is 805 g/mol. The largest absolute Gasteiger partial charge is 0.459 e. The molecule has 314 valence electrons. The van der Waals surface area contributed by atoms with Gasteiger partial charge in [0.15, 0.2) is 30.2 Å². The van der Waals surface area contributed by atoms with Gasteiger partial charge in [-0.15, -0.1) is 0 Å². The predicted molar refractivity (Wildman–Crippen MR) is 191 cm³/mol. The first-order chi connectivity index (χ1) is 27.1. The van der Waals surface area contributed by atoms with Crippen molar-refractivity contribution in [1.29, 1.82) is 0 Å². The fourth-order valence-corrected chi connectivity index (χ4v) is 8.89. The summed E-state index contributed by atoms with van der Waals surface area (Å²) < 4.78 is 59.2. The van der Waals surface area contributed by atoms with Crippen LogP contribution in [-0.2, 0) is 66.5 Å². The van der Waals surface area contributed by atoms with Crippen molar-refractivity contribution in [2.24, 2.45) is 17.8 Å². The summed E-state index contributed by atoms with van der Waals surface area (Å²) in [6, 6.07) is 9.42. The maximum atomic E-state index is 13.9. The van der Waals surface area contributed by atoms with Crippen LogP contribution in [0.25, 0.3) is 6.08 Å². The Bertz CT molecular complexity index is 1670. The third kappa shape index (κ3) is 8.36. The van der Waals surface area contributed by atoms with Crippen molar-refractivity contribution in [2.75, 3.05) is 13.2 Å². The van der Waals surface area contributed by atoms with Crippen molar-refractivity contribution in [3.63, 3.8) is 0 Å². The molecule has 0 bridgehead atoms. The van der Waals surface area contributed by atoms with Gasteiger partial charge in [0.1, 0.15) is 24.4 Å². The molecular weight excluding hydrogens is 752 g/mol. The first kappa shape index (κ1) is 41.6. The first-order valence-electron chi connectivity index (χ1n) is 19.6. The van der Waals surface area contributed by atoms with Gasteiger partial charge >= 0.3 is 23.9 Å². The number of hydrogen-bond donors (Lipinski definition) is 3. The summed E-state index contributed by atoms with van der Waals surface area (Å²) in [6.07, 6.45) is -10.6.